The van der Waals surface area contributed by atoms with Crippen molar-refractivity contribution in [2.45, 2.75) is 6.92 Å². The number of amides is 2. The summed E-state index contributed by atoms with van der Waals surface area (Å²) >= 11 is 1.64. The number of methoxy groups -OCH3 is 1. The summed E-state index contributed by atoms with van der Waals surface area (Å²) < 4.78 is 5.49. The zero-order chi connectivity index (χ0) is 19.7. The first-order chi connectivity index (χ1) is 13.5. The van der Waals surface area contributed by atoms with E-state index in [1.807, 2.05) is 47.9 Å². The Kier molecular flexibility index (Phi) is 4.71. The van der Waals surface area contributed by atoms with Crippen LogP contribution in [0.25, 0.3) is 22.1 Å². The zero-order valence-corrected chi connectivity index (χ0v) is 16.2. The summed E-state index contributed by atoms with van der Waals surface area (Å²) in [5.41, 5.74) is 4.64. The van der Waals surface area contributed by atoms with Crippen molar-refractivity contribution in [3.05, 3.63) is 65.0 Å². The van der Waals surface area contributed by atoms with Crippen LogP contribution in [0.1, 0.15) is 18.1 Å². The molecule has 0 bridgehead atoms. The molecule has 3 aromatic rings. The van der Waals surface area contributed by atoms with E-state index < -0.39 is 0 Å². The molecule has 0 atom stereocenters. The number of carbonyl (C=O) groups excluding carboxylic acids is 2. The average Bonchev–Trinajstić information content (AvgIpc) is 3.30. The molecule has 6 heteroatoms. The molecule has 0 radical (unpaired) electrons. The van der Waals surface area contributed by atoms with Gasteiger partial charge in [-0.1, -0.05) is 18.2 Å². The molecule has 28 heavy (non-hydrogen) atoms. The summed E-state index contributed by atoms with van der Waals surface area (Å²) in [6.07, 6.45) is 1.87. The second kappa shape index (κ2) is 7.32. The first-order valence-electron chi connectivity index (χ1n) is 8.72. The number of fused-ring (bicyclic) bond motifs is 1. The van der Waals surface area contributed by atoms with Crippen LogP contribution in [-0.2, 0) is 9.59 Å². The van der Waals surface area contributed by atoms with Gasteiger partial charge in [0.25, 0.3) is 5.91 Å². The fourth-order valence-electron chi connectivity index (χ4n) is 3.23. The average molecular weight is 390 g/mol. The maximum absolute atomic E-state index is 12.5. The molecule has 2 amide bonds. The van der Waals surface area contributed by atoms with Crippen molar-refractivity contribution in [2.75, 3.05) is 17.7 Å². The molecule has 4 rings (SSSR count). The molecule has 0 aliphatic carbocycles. The molecule has 2 aromatic carbocycles. The molecule has 1 aromatic heterocycles. The summed E-state index contributed by atoms with van der Waals surface area (Å²) in [6.45, 7) is 1.45. The molecule has 5 nitrogen and oxygen atoms in total. The number of hydrogen-bond donors (Lipinski definition) is 2. The number of rotatable bonds is 4. The highest BCUT2D eigenvalue weighted by molar-refractivity contribution is 7.13. The minimum absolute atomic E-state index is 0.153. The normalized spacial score (nSPS) is 13.9. The Labute approximate surface area is 166 Å². The standard InChI is InChI=1S/C22H18N2O3S/c1-13(25)23-15-6-7-16-17(22(26)24-19(16)12-15)10-14-5-8-20(27-2)18(11-14)21-4-3-9-28-21/h3-12H,1-2H3,(H,23,25)(H,24,26)/b17-10+. The summed E-state index contributed by atoms with van der Waals surface area (Å²) in [5, 5.41) is 7.61. The summed E-state index contributed by atoms with van der Waals surface area (Å²) in [7, 11) is 1.65. The largest absolute Gasteiger partial charge is 0.496 e. The topological polar surface area (TPSA) is 67.4 Å². The highest BCUT2D eigenvalue weighted by Gasteiger charge is 2.24. The molecule has 2 heterocycles. The van der Waals surface area contributed by atoms with Crippen molar-refractivity contribution in [2.24, 2.45) is 0 Å². The fourth-order valence-corrected chi connectivity index (χ4v) is 3.97. The van der Waals surface area contributed by atoms with Gasteiger partial charge in [0, 0.05) is 34.2 Å². The van der Waals surface area contributed by atoms with Gasteiger partial charge in [-0.3, -0.25) is 9.59 Å². The lowest BCUT2D eigenvalue weighted by atomic mass is 10.0. The van der Waals surface area contributed by atoms with Gasteiger partial charge in [0.2, 0.25) is 5.91 Å². The second-order valence-corrected chi connectivity index (χ2v) is 7.34. The van der Waals surface area contributed by atoms with Gasteiger partial charge in [-0.15, -0.1) is 11.3 Å². The first kappa shape index (κ1) is 18.0. The molecule has 1 aliphatic heterocycles. The number of anilines is 2. The number of thiophene rings is 1. The minimum atomic E-state index is -0.163. The zero-order valence-electron chi connectivity index (χ0n) is 15.4. The summed E-state index contributed by atoms with van der Waals surface area (Å²) in [6, 6.07) is 15.3. The fraction of sp³-hybridized carbons (Fsp3) is 0.0909. The number of carbonyl (C=O) groups is 2. The quantitative estimate of drug-likeness (QED) is 0.624. The Balaban J connectivity index is 1.73. The summed E-state index contributed by atoms with van der Waals surface area (Å²) in [5.74, 6) is 0.476. The van der Waals surface area contributed by atoms with Crippen molar-refractivity contribution < 1.29 is 14.3 Å². The monoisotopic (exact) mass is 390 g/mol. The van der Waals surface area contributed by atoms with Crippen LogP contribution in [0.3, 0.4) is 0 Å². The van der Waals surface area contributed by atoms with Gasteiger partial charge in [-0.25, -0.2) is 0 Å². The highest BCUT2D eigenvalue weighted by Crippen LogP contribution is 2.37. The van der Waals surface area contributed by atoms with Crippen molar-refractivity contribution in [1.82, 2.24) is 0 Å². The maximum Gasteiger partial charge on any atom is 0.256 e. The number of ether oxygens (including phenoxy) is 1. The van der Waals surface area contributed by atoms with Gasteiger partial charge in [0.15, 0.2) is 0 Å². The van der Waals surface area contributed by atoms with E-state index in [4.69, 9.17) is 4.74 Å². The van der Waals surface area contributed by atoms with E-state index in [0.29, 0.717) is 16.9 Å². The molecule has 140 valence electrons. The Hall–Kier alpha value is -3.38. The molecule has 1 aliphatic rings. The van der Waals surface area contributed by atoms with Crippen molar-refractivity contribution in [3.63, 3.8) is 0 Å². The van der Waals surface area contributed by atoms with Crippen molar-refractivity contribution in [1.29, 1.82) is 0 Å². The van der Waals surface area contributed by atoms with Crippen LogP contribution in [0.15, 0.2) is 53.9 Å². The van der Waals surface area contributed by atoms with E-state index in [0.717, 1.165) is 27.3 Å². The predicted molar refractivity (Wildman–Crippen MR) is 114 cm³/mol. The molecule has 0 spiro atoms. The van der Waals surface area contributed by atoms with Gasteiger partial charge < -0.3 is 15.4 Å². The second-order valence-electron chi connectivity index (χ2n) is 6.39. The predicted octanol–water partition coefficient (Wildman–Crippen LogP) is 4.87. The first-order valence-corrected chi connectivity index (χ1v) is 9.60. The molecular formula is C22H18N2O3S. The highest BCUT2D eigenvalue weighted by atomic mass is 32.1. The molecule has 0 saturated heterocycles. The SMILES string of the molecule is COc1ccc(/C=C2/C(=O)Nc3cc(NC(C)=O)ccc32)cc1-c1cccs1. The Morgan fingerprint density at radius 1 is 1.14 bits per heavy atom. The van der Waals surface area contributed by atoms with Crippen LogP contribution in [0, 0.1) is 0 Å². The third-order valence-corrected chi connectivity index (χ3v) is 5.35. The lowest BCUT2D eigenvalue weighted by Gasteiger charge is -2.08. The lowest BCUT2D eigenvalue weighted by molar-refractivity contribution is -0.114. The van der Waals surface area contributed by atoms with Crippen LogP contribution < -0.4 is 15.4 Å². The number of benzene rings is 2. The lowest BCUT2D eigenvalue weighted by Crippen LogP contribution is -2.06. The molecular weight excluding hydrogens is 372 g/mol. The molecule has 2 N–H and O–H groups in total. The Morgan fingerprint density at radius 3 is 2.71 bits per heavy atom. The van der Waals surface area contributed by atoms with Crippen LogP contribution >= 0.6 is 11.3 Å². The van der Waals surface area contributed by atoms with Gasteiger partial charge in [-0.05, 0) is 47.4 Å². The van der Waals surface area contributed by atoms with Crippen LogP contribution in [0.4, 0.5) is 11.4 Å². The van der Waals surface area contributed by atoms with Crippen LogP contribution in [-0.4, -0.2) is 18.9 Å². The molecule has 0 saturated carbocycles. The van der Waals surface area contributed by atoms with Crippen LogP contribution in [0.5, 0.6) is 5.75 Å². The van der Waals surface area contributed by atoms with E-state index in [2.05, 4.69) is 10.6 Å². The van der Waals surface area contributed by atoms with E-state index >= 15 is 0 Å². The van der Waals surface area contributed by atoms with Gasteiger partial charge in [-0.2, -0.15) is 0 Å². The van der Waals surface area contributed by atoms with Crippen molar-refractivity contribution in [3.8, 4) is 16.2 Å². The number of hydrogen-bond acceptors (Lipinski definition) is 4. The van der Waals surface area contributed by atoms with Crippen LogP contribution in [0.2, 0.25) is 0 Å². The smallest absolute Gasteiger partial charge is 0.256 e. The molecule has 0 unspecified atom stereocenters. The van der Waals surface area contributed by atoms with Gasteiger partial charge in [0.05, 0.1) is 12.8 Å². The van der Waals surface area contributed by atoms with E-state index in [-0.39, 0.29) is 11.8 Å². The Morgan fingerprint density at radius 2 is 2.00 bits per heavy atom. The van der Waals surface area contributed by atoms with E-state index in [9.17, 15) is 9.59 Å². The maximum atomic E-state index is 12.5. The summed E-state index contributed by atoms with van der Waals surface area (Å²) in [4.78, 5) is 24.9. The van der Waals surface area contributed by atoms with E-state index in [1.165, 1.54) is 6.92 Å². The Bertz CT molecular complexity index is 1100. The van der Waals surface area contributed by atoms with Crippen molar-refractivity contribution >= 4 is 46.2 Å². The van der Waals surface area contributed by atoms with Gasteiger partial charge >= 0.3 is 0 Å². The number of nitrogens with one attached hydrogen (secondary N) is 2. The minimum Gasteiger partial charge on any atom is -0.496 e. The molecule has 0 fully saturated rings. The van der Waals surface area contributed by atoms with Gasteiger partial charge in [0.1, 0.15) is 5.75 Å². The third-order valence-electron chi connectivity index (χ3n) is 4.44. The third kappa shape index (κ3) is 3.42. The van der Waals surface area contributed by atoms with E-state index in [1.54, 1.807) is 30.6 Å².